The number of carbonyl (C=O) groups is 1. The van der Waals surface area contributed by atoms with Gasteiger partial charge in [0, 0.05) is 5.02 Å². The van der Waals surface area contributed by atoms with Gasteiger partial charge in [0.15, 0.2) is 5.78 Å². The van der Waals surface area contributed by atoms with Crippen molar-refractivity contribution in [2.75, 3.05) is 6.61 Å². The molecule has 96 valence electrons. The molecule has 0 saturated heterocycles. The molecule has 0 unspecified atom stereocenters. The monoisotopic (exact) mass is 272 g/mol. The SMILES string of the molecule is Cc1cc2c(cc1Cl)C(=O)[C@@H](c1ccccc1)CO2. The molecule has 1 heterocycles. The molecule has 1 aliphatic rings. The van der Waals surface area contributed by atoms with Crippen LogP contribution in [-0.2, 0) is 0 Å². The van der Waals surface area contributed by atoms with Crippen LogP contribution in [0.2, 0.25) is 5.02 Å². The number of rotatable bonds is 1. The van der Waals surface area contributed by atoms with Crippen molar-refractivity contribution in [1.29, 1.82) is 0 Å². The molecule has 0 fully saturated rings. The Balaban J connectivity index is 2.03. The van der Waals surface area contributed by atoms with E-state index in [4.69, 9.17) is 16.3 Å². The number of Topliss-reactive ketones (excluding diaryl/α,β-unsaturated/α-hetero) is 1. The van der Waals surface area contributed by atoms with E-state index in [9.17, 15) is 4.79 Å². The zero-order chi connectivity index (χ0) is 13.4. The average molecular weight is 273 g/mol. The highest BCUT2D eigenvalue weighted by atomic mass is 35.5. The first-order chi connectivity index (χ1) is 9.16. The van der Waals surface area contributed by atoms with Gasteiger partial charge in [-0.05, 0) is 30.2 Å². The van der Waals surface area contributed by atoms with Gasteiger partial charge >= 0.3 is 0 Å². The number of hydrogen-bond donors (Lipinski definition) is 0. The van der Waals surface area contributed by atoms with Gasteiger partial charge in [-0.15, -0.1) is 0 Å². The van der Waals surface area contributed by atoms with Crippen LogP contribution in [0, 0.1) is 6.92 Å². The first-order valence-electron chi connectivity index (χ1n) is 6.19. The molecular formula is C16H13ClO2. The number of fused-ring (bicyclic) bond motifs is 1. The van der Waals surface area contributed by atoms with Gasteiger partial charge < -0.3 is 4.74 Å². The van der Waals surface area contributed by atoms with Gasteiger partial charge in [-0.3, -0.25) is 4.79 Å². The second kappa shape index (κ2) is 4.71. The maximum absolute atomic E-state index is 12.5. The van der Waals surface area contributed by atoms with E-state index in [-0.39, 0.29) is 11.7 Å². The zero-order valence-electron chi connectivity index (χ0n) is 10.5. The van der Waals surface area contributed by atoms with Crippen molar-refractivity contribution in [1.82, 2.24) is 0 Å². The molecule has 0 bridgehead atoms. The van der Waals surface area contributed by atoms with Crippen LogP contribution in [0.4, 0.5) is 0 Å². The summed E-state index contributed by atoms with van der Waals surface area (Å²) in [5.41, 5.74) is 2.48. The molecule has 2 aromatic rings. The number of hydrogen-bond acceptors (Lipinski definition) is 2. The minimum atomic E-state index is -0.243. The highest BCUT2D eigenvalue weighted by Gasteiger charge is 2.30. The normalized spacial score (nSPS) is 17.8. The molecule has 0 amide bonds. The predicted molar refractivity (Wildman–Crippen MR) is 75.2 cm³/mol. The fourth-order valence-electron chi connectivity index (χ4n) is 2.34. The van der Waals surface area contributed by atoms with E-state index in [1.165, 1.54) is 0 Å². The van der Waals surface area contributed by atoms with Gasteiger partial charge in [-0.25, -0.2) is 0 Å². The second-order valence-corrected chi connectivity index (χ2v) is 5.14. The van der Waals surface area contributed by atoms with E-state index in [1.54, 1.807) is 6.07 Å². The molecule has 1 aliphatic heterocycles. The van der Waals surface area contributed by atoms with Crippen LogP contribution in [-0.4, -0.2) is 12.4 Å². The van der Waals surface area contributed by atoms with Gasteiger partial charge in [-0.2, -0.15) is 0 Å². The quantitative estimate of drug-likeness (QED) is 0.784. The molecule has 1 atom stereocenters. The molecule has 0 saturated carbocycles. The number of halogens is 1. The van der Waals surface area contributed by atoms with Gasteiger partial charge in [0.25, 0.3) is 0 Å². The number of aryl methyl sites for hydroxylation is 1. The van der Waals surface area contributed by atoms with Crippen LogP contribution >= 0.6 is 11.6 Å². The summed E-state index contributed by atoms with van der Waals surface area (Å²) >= 11 is 6.10. The molecule has 0 spiro atoms. The smallest absolute Gasteiger partial charge is 0.177 e. The Morgan fingerprint density at radius 2 is 1.95 bits per heavy atom. The Morgan fingerprint density at radius 3 is 2.68 bits per heavy atom. The van der Waals surface area contributed by atoms with Crippen molar-refractivity contribution in [2.45, 2.75) is 12.8 Å². The van der Waals surface area contributed by atoms with E-state index in [0.717, 1.165) is 11.1 Å². The Hall–Kier alpha value is -1.80. The van der Waals surface area contributed by atoms with Crippen molar-refractivity contribution in [3.63, 3.8) is 0 Å². The summed E-state index contributed by atoms with van der Waals surface area (Å²) in [5, 5.41) is 0.601. The molecule has 0 aromatic heterocycles. The van der Waals surface area contributed by atoms with Crippen molar-refractivity contribution in [3.8, 4) is 5.75 Å². The topological polar surface area (TPSA) is 26.3 Å². The number of benzene rings is 2. The van der Waals surface area contributed by atoms with Crippen LogP contribution in [0.25, 0.3) is 0 Å². The summed E-state index contributed by atoms with van der Waals surface area (Å²) in [6, 6.07) is 13.2. The summed E-state index contributed by atoms with van der Waals surface area (Å²) in [4.78, 5) is 12.5. The molecule has 0 aliphatic carbocycles. The lowest BCUT2D eigenvalue weighted by Gasteiger charge is -2.25. The highest BCUT2D eigenvalue weighted by molar-refractivity contribution is 6.32. The maximum Gasteiger partial charge on any atom is 0.177 e. The molecule has 3 heteroatoms. The summed E-state index contributed by atoms with van der Waals surface area (Å²) < 4.78 is 5.72. The molecule has 3 rings (SSSR count). The van der Waals surface area contributed by atoms with E-state index >= 15 is 0 Å². The fourth-order valence-corrected chi connectivity index (χ4v) is 2.50. The lowest BCUT2D eigenvalue weighted by Crippen LogP contribution is -2.26. The van der Waals surface area contributed by atoms with Gasteiger partial charge in [0.1, 0.15) is 12.4 Å². The Labute approximate surface area is 117 Å². The summed E-state index contributed by atoms with van der Waals surface area (Å²) in [6.07, 6.45) is 0. The van der Waals surface area contributed by atoms with E-state index in [1.807, 2.05) is 43.3 Å². The lowest BCUT2D eigenvalue weighted by atomic mass is 9.88. The van der Waals surface area contributed by atoms with Crippen LogP contribution in [0.3, 0.4) is 0 Å². The first kappa shape index (κ1) is 12.2. The number of ketones is 1. The van der Waals surface area contributed by atoms with E-state index < -0.39 is 0 Å². The maximum atomic E-state index is 12.5. The van der Waals surface area contributed by atoms with E-state index in [2.05, 4.69) is 0 Å². The minimum Gasteiger partial charge on any atom is -0.492 e. The Kier molecular flexibility index (Phi) is 3.03. The molecular weight excluding hydrogens is 260 g/mol. The molecule has 2 aromatic carbocycles. The number of carbonyl (C=O) groups excluding carboxylic acids is 1. The third-order valence-electron chi connectivity index (χ3n) is 3.45. The third-order valence-corrected chi connectivity index (χ3v) is 3.86. The summed E-state index contributed by atoms with van der Waals surface area (Å²) in [5.74, 6) is 0.473. The van der Waals surface area contributed by atoms with Crippen molar-refractivity contribution >= 4 is 17.4 Å². The van der Waals surface area contributed by atoms with Crippen LogP contribution < -0.4 is 4.74 Å². The van der Waals surface area contributed by atoms with Crippen LogP contribution in [0.15, 0.2) is 42.5 Å². The lowest BCUT2D eigenvalue weighted by molar-refractivity contribution is 0.0896. The van der Waals surface area contributed by atoms with Crippen LogP contribution in [0.1, 0.15) is 27.4 Å². The number of ether oxygens (including phenoxy) is 1. The van der Waals surface area contributed by atoms with Gasteiger partial charge in [0.05, 0.1) is 11.5 Å². The van der Waals surface area contributed by atoms with Crippen molar-refractivity contribution < 1.29 is 9.53 Å². The Bertz CT molecular complexity index is 635. The largest absolute Gasteiger partial charge is 0.492 e. The molecule has 0 radical (unpaired) electrons. The third kappa shape index (κ3) is 2.13. The minimum absolute atomic E-state index is 0.0781. The average Bonchev–Trinajstić information content (AvgIpc) is 2.42. The second-order valence-electron chi connectivity index (χ2n) is 4.74. The molecule has 2 nitrogen and oxygen atoms in total. The standard InChI is InChI=1S/C16H13ClO2/c1-10-7-15-12(8-14(10)17)16(18)13(9-19-15)11-5-3-2-4-6-11/h2-8,13H,9H2,1H3/t13-/m1/s1. The van der Waals surface area contributed by atoms with Gasteiger partial charge in [-0.1, -0.05) is 41.9 Å². The Morgan fingerprint density at radius 1 is 1.21 bits per heavy atom. The molecule has 19 heavy (non-hydrogen) atoms. The predicted octanol–water partition coefficient (Wildman–Crippen LogP) is 4.01. The first-order valence-corrected chi connectivity index (χ1v) is 6.56. The fraction of sp³-hybridized carbons (Fsp3) is 0.188. The summed E-state index contributed by atoms with van der Waals surface area (Å²) in [7, 11) is 0. The summed E-state index contributed by atoms with van der Waals surface area (Å²) in [6.45, 7) is 2.29. The van der Waals surface area contributed by atoms with Crippen molar-refractivity contribution in [2.24, 2.45) is 0 Å². The molecule has 0 N–H and O–H groups in total. The van der Waals surface area contributed by atoms with Crippen molar-refractivity contribution in [3.05, 3.63) is 64.2 Å². The van der Waals surface area contributed by atoms with Crippen LogP contribution in [0.5, 0.6) is 5.75 Å². The van der Waals surface area contributed by atoms with E-state index in [0.29, 0.717) is 22.9 Å². The highest BCUT2D eigenvalue weighted by Crippen LogP contribution is 2.35. The zero-order valence-corrected chi connectivity index (χ0v) is 11.3. The van der Waals surface area contributed by atoms with Gasteiger partial charge in [0.2, 0.25) is 0 Å².